The molecule has 0 spiro atoms. The van der Waals surface area contributed by atoms with Crippen LogP contribution in [0.2, 0.25) is 0 Å². The molecule has 136 valence electrons. The largest absolute Gasteiger partial charge is 0.282 e. The summed E-state index contributed by atoms with van der Waals surface area (Å²) in [5.74, 6) is -0.736. The molecular weight excluding hydrogens is 353 g/mol. The zero-order valence-electron chi connectivity index (χ0n) is 14.4. The molecule has 1 N–H and O–H groups in total. The van der Waals surface area contributed by atoms with Gasteiger partial charge in [-0.25, -0.2) is 17.1 Å². The van der Waals surface area contributed by atoms with E-state index in [1.165, 1.54) is 29.6 Å². The smallest absolute Gasteiger partial charge is 0.245 e. The number of aryl methyl sites for hydroxylation is 1. The van der Waals surface area contributed by atoms with Crippen LogP contribution < -0.4 is 0 Å². The molecule has 0 unspecified atom stereocenters. The number of nitrogens with zero attached hydrogens (tertiary/aromatic N) is 2. The summed E-state index contributed by atoms with van der Waals surface area (Å²) in [6.45, 7) is 0.288. The van der Waals surface area contributed by atoms with Gasteiger partial charge in [-0.15, -0.1) is 0 Å². The van der Waals surface area contributed by atoms with Gasteiger partial charge < -0.3 is 0 Å². The van der Waals surface area contributed by atoms with E-state index in [4.69, 9.17) is 0 Å². The van der Waals surface area contributed by atoms with E-state index >= 15 is 0 Å². The molecule has 0 aliphatic heterocycles. The summed E-state index contributed by atoms with van der Waals surface area (Å²) in [7, 11) is -2.37. The number of aromatic nitrogens is 2. The maximum Gasteiger partial charge on any atom is 0.245 e. The van der Waals surface area contributed by atoms with Crippen molar-refractivity contribution in [1.82, 2.24) is 14.5 Å². The van der Waals surface area contributed by atoms with Crippen LogP contribution >= 0.6 is 0 Å². The van der Waals surface area contributed by atoms with E-state index in [1.54, 1.807) is 0 Å². The number of nitrogens with one attached hydrogen (secondary N) is 1. The Morgan fingerprint density at radius 3 is 2.50 bits per heavy atom. The van der Waals surface area contributed by atoms with Gasteiger partial charge in [-0.3, -0.25) is 5.10 Å². The van der Waals surface area contributed by atoms with E-state index in [-0.39, 0.29) is 11.4 Å². The van der Waals surface area contributed by atoms with E-state index in [9.17, 15) is 12.8 Å². The Labute approximate surface area is 152 Å². The maximum absolute atomic E-state index is 13.8. The standard InChI is InChI=1S/C19H20FN3O2S/c1-23(26(24,25)19-12-6-5-11-17(19)20)13-7-10-16-14-18(22-21-16)15-8-3-2-4-9-15/h2-6,8-9,11-12,14H,7,10,13H2,1H3,(H,21,22). The van der Waals surface area contributed by atoms with E-state index in [0.717, 1.165) is 23.0 Å². The van der Waals surface area contributed by atoms with Crippen molar-refractivity contribution < 1.29 is 12.8 Å². The van der Waals surface area contributed by atoms with E-state index < -0.39 is 15.8 Å². The second-order valence-electron chi connectivity index (χ2n) is 6.00. The van der Waals surface area contributed by atoms with Crippen LogP contribution in [0.5, 0.6) is 0 Å². The third-order valence-corrected chi connectivity index (χ3v) is 6.03. The van der Waals surface area contributed by atoms with E-state index in [0.29, 0.717) is 12.8 Å². The first-order valence-corrected chi connectivity index (χ1v) is 9.73. The topological polar surface area (TPSA) is 66.1 Å². The molecule has 0 radical (unpaired) electrons. The molecule has 3 aromatic rings. The maximum atomic E-state index is 13.8. The van der Waals surface area contributed by atoms with E-state index in [1.807, 2.05) is 36.4 Å². The van der Waals surface area contributed by atoms with Gasteiger partial charge in [0.2, 0.25) is 10.0 Å². The van der Waals surface area contributed by atoms with Crippen molar-refractivity contribution in [2.75, 3.05) is 13.6 Å². The molecule has 3 rings (SSSR count). The lowest BCUT2D eigenvalue weighted by atomic mass is 10.1. The van der Waals surface area contributed by atoms with Crippen molar-refractivity contribution in [2.45, 2.75) is 17.7 Å². The number of sulfonamides is 1. The fourth-order valence-corrected chi connectivity index (χ4v) is 3.95. The number of hydrogen-bond acceptors (Lipinski definition) is 3. The lowest BCUT2D eigenvalue weighted by Crippen LogP contribution is -2.29. The molecule has 0 amide bonds. The van der Waals surface area contributed by atoms with Gasteiger partial charge in [0.25, 0.3) is 0 Å². The monoisotopic (exact) mass is 373 g/mol. The fraction of sp³-hybridized carbons (Fsp3) is 0.211. The quantitative estimate of drug-likeness (QED) is 0.690. The molecule has 0 bridgehead atoms. The number of rotatable bonds is 7. The third kappa shape index (κ3) is 4.00. The van der Waals surface area contributed by atoms with Crippen LogP contribution in [-0.2, 0) is 16.4 Å². The van der Waals surface area contributed by atoms with Gasteiger partial charge in [0.15, 0.2) is 0 Å². The Morgan fingerprint density at radius 1 is 1.08 bits per heavy atom. The average molecular weight is 373 g/mol. The molecule has 26 heavy (non-hydrogen) atoms. The van der Waals surface area contributed by atoms with Gasteiger partial charge in [0, 0.05) is 24.8 Å². The summed E-state index contributed by atoms with van der Waals surface area (Å²) in [4.78, 5) is -0.296. The molecule has 2 aromatic carbocycles. The molecule has 0 aliphatic carbocycles. The lowest BCUT2D eigenvalue weighted by molar-refractivity contribution is 0.454. The van der Waals surface area contributed by atoms with Crippen molar-refractivity contribution in [2.24, 2.45) is 0 Å². The fourth-order valence-electron chi connectivity index (χ4n) is 2.68. The number of halogens is 1. The van der Waals surface area contributed by atoms with Crippen molar-refractivity contribution >= 4 is 10.0 Å². The Hall–Kier alpha value is -2.51. The van der Waals surface area contributed by atoms with Crippen LogP contribution in [0.25, 0.3) is 11.3 Å². The minimum Gasteiger partial charge on any atom is -0.282 e. The van der Waals surface area contributed by atoms with Crippen LogP contribution in [0.15, 0.2) is 65.6 Å². The molecule has 0 fully saturated rings. The SMILES string of the molecule is CN(CCCc1cc(-c2ccccc2)n[nH]1)S(=O)(=O)c1ccccc1F. The average Bonchev–Trinajstić information content (AvgIpc) is 3.11. The predicted molar refractivity (Wildman–Crippen MR) is 98.6 cm³/mol. The molecular formula is C19H20FN3O2S. The van der Waals surface area contributed by atoms with Crippen molar-refractivity contribution in [3.63, 3.8) is 0 Å². The summed E-state index contributed by atoms with van der Waals surface area (Å²) < 4.78 is 39.9. The van der Waals surface area contributed by atoms with Crippen molar-refractivity contribution in [1.29, 1.82) is 0 Å². The zero-order valence-corrected chi connectivity index (χ0v) is 15.2. The second kappa shape index (κ2) is 7.80. The Balaban J connectivity index is 1.60. The number of hydrogen-bond donors (Lipinski definition) is 1. The first kappa shape index (κ1) is 18.3. The lowest BCUT2D eigenvalue weighted by Gasteiger charge is -2.17. The van der Waals surface area contributed by atoms with E-state index in [2.05, 4.69) is 10.2 Å². The summed E-state index contributed by atoms with van der Waals surface area (Å²) in [6.07, 6.45) is 1.25. The number of H-pyrrole nitrogens is 1. The van der Waals surface area contributed by atoms with Gasteiger partial charge in [-0.05, 0) is 31.0 Å². The molecule has 1 heterocycles. The molecule has 7 heteroatoms. The van der Waals surface area contributed by atoms with Gasteiger partial charge in [-0.2, -0.15) is 5.10 Å². The first-order valence-electron chi connectivity index (χ1n) is 8.29. The van der Waals surface area contributed by atoms with Crippen molar-refractivity contribution in [3.8, 4) is 11.3 Å². The first-order chi connectivity index (χ1) is 12.5. The van der Waals surface area contributed by atoms with Crippen LogP contribution in [0.1, 0.15) is 12.1 Å². The second-order valence-corrected chi connectivity index (χ2v) is 8.02. The molecule has 5 nitrogen and oxygen atoms in total. The third-order valence-electron chi connectivity index (χ3n) is 4.14. The molecule has 0 saturated carbocycles. The minimum absolute atomic E-state index is 0.288. The number of benzene rings is 2. The highest BCUT2D eigenvalue weighted by atomic mass is 32.2. The summed E-state index contributed by atoms with van der Waals surface area (Å²) in [5.41, 5.74) is 2.81. The summed E-state index contributed by atoms with van der Waals surface area (Å²) >= 11 is 0. The van der Waals surface area contributed by atoms with Gasteiger partial charge >= 0.3 is 0 Å². The van der Waals surface area contributed by atoms with Crippen LogP contribution in [-0.4, -0.2) is 36.5 Å². The Bertz CT molecular complexity index is 971. The molecule has 0 aliphatic rings. The highest BCUT2D eigenvalue weighted by molar-refractivity contribution is 7.89. The Kier molecular flexibility index (Phi) is 5.49. The van der Waals surface area contributed by atoms with Crippen LogP contribution in [0.3, 0.4) is 0 Å². The minimum atomic E-state index is -3.83. The summed E-state index contributed by atoms with van der Waals surface area (Å²) in [5, 5.41) is 7.27. The molecule has 0 atom stereocenters. The molecule has 1 aromatic heterocycles. The highest BCUT2D eigenvalue weighted by Crippen LogP contribution is 2.19. The van der Waals surface area contributed by atoms with Gasteiger partial charge in [0.05, 0.1) is 5.69 Å². The van der Waals surface area contributed by atoms with Gasteiger partial charge in [-0.1, -0.05) is 42.5 Å². The summed E-state index contributed by atoms with van der Waals surface area (Å²) in [6, 6.07) is 17.2. The number of aromatic amines is 1. The Morgan fingerprint density at radius 2 is 1.77 bits per heavy atom. The van der Waals surface area contributed by atoms with Crippen LogP contribution in [0.4, 0.5) is 4.39 Å². The molecule has 0 saturated heterocycles. The van der Waals surface area contributed by atoms with Crippen LogP contribution in [0, 0.1) is 5.82 Å². The predicted octanol–water partition coefficient (Wildman–Crippen LogP) is 3.47. The normalized spacial score (nSPS) is 11.8. The highest BCUT2D eigenvalue weighted by Gasteiger charge is 2.23. The van der Waals surface area contributed by atoms with Gasteiger partial charge in [0.1, 0.15) is 10.7 Å². The van der Waals surface area contributed by atoms with Crippen molar-refractivity contribution in [3.05, 3.63) is 72.2 Å². The zero-order chi connectivity index (χ0) is 18.6.